The molecule has 2 unspecified atom stereocenters. The first-order valence-electron chi connectivity index (χ1n) is 6.60. The number of aliphatic carboxylic acids is 1. The summed E-state index contributed by atoms with van der Waals surface area (Å²) in [6.45, 7) is -0.230. The molecule has 1 aliphatic carbocycles. The van der Waals surface area contributed by atoms with Gasteiger partial charge >= 0.3 is 5.97 Å². The number of amides is 1. The highest BCUT2D eigenvalue weighted by molar-refractivity contribution is 6.36. The molecule has 21 heavy (non-hydrogen) atoms. The molecule has 2 aliphatic rings. The largest absolute Gasteiger partial charge is 0.479 e. The van der Waals surface area contributed by atoms with Crippen LogP contribution in [-0.4, -0.2) is 40.6 Å². The normalized spacial score (nSPS) is 26.0. The Labute approximate surface area is 131 Å². The van der Waals surface area contributed by atoms with Crippen LogP contribution < -0.4 is 0 Å². The van der Waals surface area contributed by atoms with E-state index in [1.165, 1.54) is 0 Å². The summed E-state index contributed by atoms with van der Waals surface area (Å²) in [5.74, 6) is -1.36. The van der Waals surface area contributed by atoms with Crippen molar-refractivity contribution in [2.75, 3.05) is 6.61 Å². The Balaban J connectivity index is 2.11. The molecule has 2 fully saturated rings. The number of hydrogen-bond donors (Lipinski definition) is 1. The maximum absolute atomic E-state index is 12.2. The first kappa shape index (κ1) is 14.6. The maximum Gasteiger partial charge on any atom is 0.335 e. The minimum Gasteiger partial charge on any atom is -0.479 e. The number of carboxylic acids is 1. The van der Waals surface area contributed by atoms with E-state index >= 15 is 0 Å². The summed E-state index contributed by atoms with van der Waals surface area (Å²) < 4.78 is 5.23. The summed E-state index contributed by atoms with van der Waals surface area (Å²) >= 11 is 12.4. The zero-order valence-corrected chi connectivity index (χ0v) is 12.5. The van der Waals surface area contributed by atoms with Crippen LogP contribution in [0.1, 0.15) is 24.4 Å². The second-order valence-electron chi connectivity index (χ2n) is 5.18. The van der Waals surface area contributed by atoms with Gasteiger partial charge in [-0.2, -0.15) is 0 Å². The molecule has 112 valence electrons. The van der Waals surface area contributed by atoms with E-state index < -0.39 is 18.1 Å². The van der Waals surface area contributed by atoms with E-state index in [1.54, 1.807) is 23.1 Å². The monoisotopic (exact) mass is 329 g/mol. The van der Waals surface area contributed by atoms with Crippen LogP contribution in [0.4, 0.5) is 0 Å². The summed E-state index contributed by atoms with van der Waals surface area (Å²) in [5.41, 5.74) is 0.438. The molecular weight excluding hydrogens is 317 g/mol. The van der Waals surface area contributed by atoms with Crippen molar-refractivity contribution in [3.63, 3.8) is 0 Å². The van der Waals surface area contributed by atoms with Crippen LogP contribution in [0.5, 0.6) is 0 Å². The van der Waals surface area contributed by atoms with Gasteiger partial charge in [0, 0.05) is 21.7 Å². The maximum atomic E-state index is 12.2. The lowest BCUT2D eigenvalue weighted by atomic mass is 9.97. The fourth-order valence-electron chi connectivity index (χ4n) is 2.70. The van der Waals surface area contributed by atoms with Crippen molar-refractivity contribution >= 4 is 35.1 Å². The van der Waals surface area contributed by atoms with E-state index in [-0.39, 0.29) is 18.6 Å². The molecule has 0 spiro atoms. The zero-order chi connectivity index (χ0) is 15.1. The lowest BCUT2D eigenvalue weighted by Crippen LogP contribution is -2.52. The number of carbonyl (C=O) groups is 2. The molecule has 1 saturated carbocycles. The minimum absolute atomic E-state index is 0.0422. The number of halogens is 2. The molecule has 1 aromatic rings. The molecule has 0 aromatic heterocycles. The van der Waals surface area contributed by atoms with Crippen molar-refractivity contribution in [1.29, 1.82) is 0 Å². The van der Waals surface area contributed by atoms with Crippen molar-refractivity contribution in [3.05, 3.63) is 33.8 Å². The Kier molecular flexibility index (Phi) is 3.82. The molecule has 3 rings (SSSR count). The van der Waals surface area contributed by atoms with E-state index in [0.29, 0.717) is 15.6 Å². The third kappa shape index (κ3) is 2.61. The van der Waals surface area contributed by atoms with Gasteiger partial charge < -0.3 is 14.7 Å². The van der Waals surface area contributed by atoms with Crippen LogP contribution in [0, 0.1) is 0 Å². The van der Waals surface area contributed by atoms with Gasteiger partial charge in [0.25, 0.3) is 0 Å². The van der Waals surface area contributed by atoms with Crippen LogP contribution in [0.15, 0.2) is 18.2 Å². The SMILES string of the molecule is O=C(O)C1OCC(=O)N(C2CC2)C1c1c(Cl)cccc1Cl. The van der Waals surface area contributed by atoms with Gasteiger partial charge in [-0.15, -0.1) is 0 Å². The van der Waals surface area contributed by atoms with Gasteiger partial charge in [0.15, 0.2) is 6.10 Å². The Morgan fingerprint density at radius 2 is 1.90 bits per heavy atom. The average molecular weight is 330 g/mol. The van der Waals surface area contributed by atoms with Gasteiger partial charge in [0.1, 0.15) is 6.61 Å². The summed E-state index contributed by atoms with van der Waals surface area (Å²) in [4.78, 5) is 25.3. The number of ether oxygens (including phenoxy) is 1. The van der Waals surface area contributed by atoms with Gasteiger partial charge in [-0.1, -0.05) is 29.3 Å². The smallest absolute Gasteiger partial charge is 0.335 e. The highest BCUT2D eigenvalue weighted by Gasteiger charge is 2.48. The predicted molar refractivity (Wildman–Crippen MR) is 76.4 cm³/mol. The summed E-state index contributed by atoms with van der Waals surface area (Å²) in [6, 6.07) is 4.19. The molecule has 0 bridgehead atoms. The van der Waals surface area contributed by atoms with Crippen LogP contribution in [0.2, 0.25) is 10.0 Å². The summed E-state index contributed by atoms with van der Waals surface area (Å²) in [6.07, 6.45) is 0.550. The highest BCUT2D eigenvalue weighted by atomic mass is 35.5. The van der Waals surface area contributed by atoms with Crippen LogP contribution in [0.3, 0.4) is 0 Å². The van der Waals surface area contributed by atoms with E-state index in [4.69, 9.17) is 27.9 Å². The lowest BCUT2D eigenvalue weighted by Gasteiger charge is -2.40. The van der Waals surface area contributed by atoms with Crippen LogP contribution >= 0.6 is 23.2 Å². The highest BCUT2D eigenvalue weighted by Crippen LogP contribution is 2.43. The van der Waals surface area contributed by atoms with Gasteiger partial charge in [0.05, 0.1) is 6.04 Å². The lowest BCUT2D eigenvalue weighted by molar-refractivity contribution is -0.173. The fraction of sp³-hybridized carbons (Fsp3) is 0.429. The summed E-state index contributed by atoms with van der Waals surface area (Å²) in [7, 11) is 0. The molecule has 1 heterocycles. The standard InChI is InChI=1S/C14H13Cl2NO4/c15-8-2-1-3-9(16)11(8)12-13(14(19)20)21-6-10(18)17(12)7-4-5-7/h1-3,7,12-13H,4-6H2,(H,19,20). The molecule has 1 amide bonds. The minimum atomic E-state index is -1.17. The van der Waals surface area contributed by atoms with E-state index in [1.807, 2.05) is 0 Å². The van der Waals surface area contributed by atoms with E-state index in [2.05, 4.69) is 0 Å². The number of nitrogens with zero attached hydrogens (tertiary/aromatic N) is 1. The number of benzene rings is 1. The molecular formula is C14H13Cl2NO4. The van der Waals surface area contributed by atoms with Crippen molar-refractivity contribution in [3.8, 4) is 0 Å². The van der Waals surface area contributed by atoms with Gasteiger partial charge in [-0.25, -0.2) is 4.79 Å². The molecule has 7 heteroatoms. The quantitative estimate of drug-likeness (QED) is 0.925. The molecule has 0 radical (unpaired) electrons. The molecule has 1 aliphatic heterocycles. The third-order valence-electron chi connectivity index (χ3n) is 3.74. The second-order valence-corrected chi connectivity index (χ2v) is 6.00. The van der Waals surface area contributed by atoms with Crippen LogP contribution in [-0.2, 0) is 14.3 Å². The Morgan fingerprint density at radius 1 is 1.29 bits per heavy atom. The van der Waals surface area contributed by atoms with Crippen molar-refractivity contribution < 1.29 is 19.4 Å². The average Bonchev–Trinajstić information content (AvgIpc) is 3.22. The van der Waals surface area contributed by atoms with Gasteiger partial charge in [0.2, 0.25) is 5.91 Å². The number of carbonyl (C=O) groups excluding carboxylic acids is 1. The van der Waals surface area contributed by atoms with Crippen molar-refractivity contribution in [1.82, 2.24) is 4.90 Å². The number of carboxylic acid groups (broad SMARTS) is 1. The first-order valence-corrected chi connectivity index (χ1v) is 7.35. The summed E-state index contributed by atoms with van der Waals surface area (Å²) in [5, 5.41) is 10.1. The number of hydrogen-bond acceptors (Lipinski definition) is 3. The molecule has 2 atom stereocenters. The topological polar surface area (TPSA) is 66.8 Å². The molecule has 1 saturated heterocycles. The van der Waals surface area contributed by atoms with Gasteiger partial charge in [-0.3, -0.25) is 4.79 Å². The van der Waals surface area contributed by atoms with E-state index in [9.17, 15) is 14.7 Å². The molecule has 5 nitrogen and oxygen atoms in total. The third-order valence-corrected chi connectivity index (χ3v) is 4.40. The van der Waals surface area contributed by atoms with Crippen molar-refractivity contribution in [2.45, 2.75) is 31.0 Å². The predicted octanol–water partition coefficient (Wildman–Crippen LogP) is 2.51. The number of rotatable bonds is 3. The number of morpholine rings is 1. The molecule has 1 aromatic carbocycles. The van der Waals surface area contributed by atoms with E-state index in [0.717, 1.165) is 12.8 Å². The second kappa shape index (κ2) is 5.48. The van der Waals surface area contributed by atoms with Gasteiger partial charge in [-0.05, 0) is 25.0 Å². The zero-order valence-electron chi connectivity index (χ0n) is 11.0. The Bertz CT molecular complexity index is 582. The molecule has 1 N–H and O–H groups in total. The first-order chi connectivity index (χ1) is 10.0. The Hall–Kier alpha value is -1.30. The Morgan fingerprint density at radius 3 is 2.43 bits per heavy atom. The fourth-order valence-corrected chi connectivity index (χ4v) is 3.32. The van der Waals surface area contributed by atoms with Crippen LogP contribution in [0.25, 0.3) is 0 Å². The van der Waals surface area contributed by atoms with Crippen molar-refractivity contribution in [2.24, 2.45) is 0 Å².